The molecule has 1 aliphatic carbocycles. The van der Waals surface area contributed by atoms with Gasteiger partial charge >= 0.3 is 0 Å². The second kappa shape index (κ2) is 9.92. The van der Waals surface area contributed by atoms with Crippen molar-refractivity contribution in [3.05, 3.63) is 29.3 Å². The van der Waals surface area contributed by atoms with Crippen molar-refractivity contribution in [3.63, 3.8) is 0 Å². The van der Waals surface area contributed by atoms with Gasteiger partial charge < -0.3 is 15.4 Å². The van der Waals surface area contributed by atoms with Gasteiger partial charge in [-0.2, -0.15) is 0 Å². The summed E-state index contributed by atoms with van der Waals surface area (Å²) >= 11 is 0. The average molecular weight is 417 g/mol. The van der Waals surface area contributed by atoms with Crippen LogP contribution in [0.1, 0.15) is 37.3 Å². The molecule has 0 saturated heterocycles. The summed E-state index contributed by atoms with van der Waals surface area (Å²) in [5.74, 6) is 2.74. The number of nitrogens with one attached hydrogen (secondary N) is 2. The lowest BCUT2D eigenvalue weighted by Crippen LogP contribution is -2.37. The molecule has 0 spiro atoms. The minimum atomic E-state index is 0. The second-order valence-corrected chi connectivity index (χ2v) is 5.67. The number of nitrogens with zero attached hydrogens (tertiary/aromatic N) is 1. The van der Waals surface area contributed by atoms with Crippen LogP contribution in [0.2, 0.25) is 0 Å². The van der Waals surface area contributed by atoms with E-state index in [0.717, 1.165) is 36.3 Å². The largest absolute Gasteiger partial charge is 0.496 e. The molecule has 0 heterocycles. The summed E-state index contributed by atoms with van der Waals surface area (Å²) in [4.78, 5) is 4.65. The third-order valence-corrected chi connectivity index (χ3v) is 3.74. The first-order valence-electron chi connectivity index (χ1n) is 7.88. The number of hydrogen-bond donors (Lipinski definition) is 2. The fourth-order valence-corrected chi connectivity index (χ4v) is 2.29. The number of aryl methyl sites for hydroxylation is 1. The number of ether oxygens (including phenoxy) is 1. The highest BCUT2D eigenvalue weighted by Crippen LogP contribution is 2.31. The minimum Gasteiger partial charge on any atom is -0.496 e. The average Bonchev–Trinajstić information content (AvgIpc) is 3.29. The van der Waals surface area contributed by atoms with E-state index < -0.39 is 0 Å². The van der Waals surface area contributed by atoms with Crippen LogP contribution in [-0.4, -0.2) is 26.2 Å². The molecule has 0 atom stereocenters. The van der Waals surface area contributed by atoms with Gasteiger partial charge in [0.25, 0.3) is 0 Å². The molecule has 0 aromatic heterocycles. The summed E-state index contributed by atoms with van der Waals surface area (Å²) in [5, 5.41) is 6.70. The Kier molecular flexibility index (Phi) is 8.60. The van der Waals surface area contributed by atoms with E-state index >= 15 is 0 Å². The number of rotatable bonds is 7. The van der Waals surface area contributed by atoms with E-state index in [1.165, 1.54) is 24.8 Å². The molecule has 0 bridgehead atoms. The lowest BCUT2D eigenvalue weighted by atomic mass is 10.1. The predicted molar refractivity (Wildman–Crippen MR) is 103 cm³/mol. The maximum absolute atomic E-state index is 5.43. The van der Waals surface area contributed by atoms with Crippen molar-refractivity contribution in [3.8, 4) is 5.75 Å². The Morgan fingerprint density at radius 1 is 1.32 bits per heavy atom. The first-order valence-corrected chi connectivity index (χ1v) is 7.88. The van der Waals surface area contributed by atoms with Crippen LogP contribution in [0, 0.1) is 12.8 Å². The normalized spacial score (nSPS) is 14.2. The first-order chi connectivity index (χ1) is 10.2. The summed E-state index contributed by atoms with van der Waals surface area (Å²) in [5.41, 5.74) is 2.32. The Bertz CT molecular complexity index is 487. The van der Waals surface area contributed by atoms with Crippen LogP contribution in [0.3, 0.4) is 0 Å². The van der Waals surface area contributed by atoms with Gasteiger partial charge in [-0.05, 0) is 37.8 Å². The molecule has 1 saturated carbocycles. The molecule has 124 valence electrons. The zero-order valence-corrected chi connectivity index (χ0v) is 16.1. The van der Waals surface area contributed by atoms with Crippen LogP contribution >= 0.6 is 24.0 Å². The highest BCUT2D eigenvalue weighted by molar-refractivity contribution is 14.0. The molecule has 1 aromatic rings. The van der Waals surface area contributed by atoms with Crippen molar-refractivity contribution in [1.29, 1.82) is 0 Å². The van der Waals surface area contributed by atoms with E-state index in [-0.39, 0.29) is 24.0 Å². The Hall–Kier alpha value is -0.980. The van der Waals surface area contributed by atoms with Crippen LogP contribution in [0.25, 0.3) is 0 Å². The van der Waals surface area contributed by atoms with Crippen LogP contribution in [0.5, 0.6) is 5.75 Å². The number of benzene rings is 1. The minimum absolute atomic E-state index is 0. The number of guanidine groups is 1. The van der Waals surface area contributed by atoms with Crippen LogP contribution in [0.4, 0.5) is 0 Å². The summed E-state index contributed by atoms with van der Waals surface area (Å²) in [6.07, 6.45) is 4.05. The highest BCUT2D eigenvalue weighted by Gasteiger charge is 2.20. The molecule has 1 fully saturated rings. The van der Waals surface area contributed by atoms with Gasteiger partial charge in [-0.1, -0.05) is 25.0 Å². The fourth-order valence-electron chi connectivity index (χ4n) is 2.29. The molecule has 22 heavy (non-hydrogen) atoms. The zero-order valence-electron chi connectivity index (χ0n) is 13.8. The molecular weight excluding hydrogens is 389 g/mol. The Labute approximate surface area is 151 Å². The van der Waals surface area contributed by atoms with Gasteiger partial charge in [0.1, 0.15) is 5.75 Å². The summed E-state index contributed by atoms with van der Waals surface area (Å²) in [6.45, 7) is 6.66. The van der Waals surface area contributed by atoms with Gasteiger partial charge in [0, 0.05) is 18.7 Å². The molecule has 2 N–H and O–H groups in total. The third-order valence-electron chi connectivity index (χ3n) is 3.74. The molecule has 0 radical (unpaired) electrons. The molecule has 2 rings (SSSR count). The second-order valence-electron chi connectivity index (χ2n) is 5.67. The Balaban J connectivity index is 0.00000242. The molecule has 5 heteroatoms. The van der Waals surface area contributed by atoms with Crippen molar-refractivity contribution in [2.45, 2.75) is 39.7 Å². The molecule has 0 aliphatic heterocycles. The van der Waals surface area contributed by atoms with Gasteiger partial charge in [0.2, 0.25) is 0 Å². The third kappa shape index (κ3) is 6.42. The quantitative estimate of drug-likeness (QED) is 0.406. The number of aliphatic imine (C=N–C) groups is 1. The van der Waals surface area contributed by atoms with E-state index in [9.17, 15) is 0 Å². The molecule has 4 nitrogen and oxygen atoms in total. The maximum Gasteiger partial charge on any atom is 0.191 e. The van der Waals surface area contributed by atoms with Gasteiger partial charge in [0.05, 0.1) is 13.7 Å². The zero-order chi connectivity index (χ0) is 15.1. The predicted octanol–water partition coefficient (Wildman–Crippen LogP) is 3.48. The molecule has 1 aromatic carbocycles. The van der Waals surface area contributed by atoms with Crippen molar-refractivity contribution < 1.29 is 4.74 Å². The monoisotopic (exact) mass is 417 g/mol. The number of methoxy groups -OCH3 is 1. The fraction of sp³-hybridized carbons (Fsp3) is 0.588. The SMILES string of the molecule is CCNC(=NCc1ccc(C)cc1OC)NCCC1CC1.I. The standard InChI is InChI=1S/C17H27N3O.HI/c1-4-18-17(19-10-9-14-6-7-14)20-12-15-8-5-13(2)11-16(15)21-3;/h5,8,11,14H,4,6-7,9-10,12H2,1-3H3,(H2,18,19,20);1H. The number of halogens is 1. The topological polar surface area (TPSA) is 45.7 Å². The summed E-state index contributed by atoms with van der Waals surface area (Å²) in [6, 6.07) is 6.24. The van der Waals surface area contributed by atoms with Gasteiger partial charge in [-0.15, -0.1) is 24.0 Å². The Morgan fingerprint density at radius 3 is 2.73 bits per heavy atom. The summed E-state index contributed by atoms with van der Waals surface area (Å²) < 4.78 is 5.43. The van der Waals surface area contributed by atoms with Crippen molar-refractivity contribution >= 4 is 29.9 Å². The summed E-state index contributed by atoms with van der Waals surface area (Å²) in [7, 11) is 1.71. The van der Waals surface area contributed by atoms with Gasteiger partial charge in [0.15, 0.2) is 5.96 Å². The first kappa shape index (κ1) is 19.1. The highest BCUT2D eigenvalue weighted by atomic mass is 127. The molecule has 0 unspecified atom stereocenters. The van der Waals surface area contributed by atoms with Crippen molar-refractivity contribution in [2.75, 3.05) is 20.2 Å². The van der Waals surface area contributed by atoms with Gasteiger partial charge in [-0.3, -0.25) is 0 Å². The van der Waals surface area contributed by atoms with Crippen molar-refractivity contribution in [1.82, 2.24) is 10.6 Å². The van der Waals surface area contributed by atoms with Crippen LogP contribution in [0.15, 0.2) is 23.2 Å². The van der Waals surface area contributed by atoms with Gasteiger partial charge in [-0.25, -0.2) is 4.99 Å². The van der Waals surface area contributed by atoms with Crippen molar-refractivity contribution in [2.24, 2.45) is 10.9 Å². The smallest absolute Gasteiger partial charge is 0.191 e. The maximum atomic E-state index is 5.43. The number of hydrogen-bond acceptors (Lipinski definition) is 2. The van der Waals surface area contributed by atoms with Crippen LogP contribution < -0.4 is 15.4 Å². The van der Waals surface area contributed by atoms with E-state index in [2.05, 4.69) is 47.7 Å². The lowest BCUT2D eigenvalue weighted by Gasteiger charge is -2.12. The Morgan fingerprint density at radius 2 is 2.09 bits per heavy atom. The lowest BCUT2D eigenvalue weighted by molar-refractivity contribution is 0.409. The molecular formula is C17H28IN3O. The molecule has 0 amide bonds. The van der Waals surface area contributed by atoms with E-state index in [0.29, 0.717) is 6.54 Å². The van der Waals surface area contributed by atoms with E-state index in [1.807, 2.05) is 0 Å². The van der Waals surface area contributed by atoms with Crippen LogP contribution in [-0.2, 0) is 6.54 Å². The molecule has 1 aliphatic rings. The van der Waals surface area contributed by atoms with E-state index in [4.69, 9.17) is 4.74 Å². The van der Waals surface area contributed by atoms with E-state index in [1.54, 1.807) is 7.11 Å².